The van der Waals surface area contributed by atoms with E-state index in [0.29, 0.717) is 0 Å². The van der Waals surface area contributed by atoms with E-state index in [4.69, 9.17) is 4.74 Å². The Hall–Kier alpha value is -0.590. The monoisotopic (exact) mass is 236 g/mol. The topological polar surface area (TPSA) is 36.3 Å². The second-order valence-electron chi connectivity index (χ2n) is 6.08. The van der Waals surface area contributed by atoms with Crippen molar-refractivity contribution in [3.05, 3.63) is 0 Å². The third-order valence-corrected chi connectivity index (χ3v) is 4.15. The van der Waals surface area contributed by atoms with Crippen molar-refractivity contribution in [2.75, 3.05) is 19.7 Å². The minimum absolute atomic E-state index is 0.152. The normalized spacial score (nSPS) is 34.9. The van der Waals surface area contributed by atoms with Crippen molar-refractivity contribution >= 4 is 0 Å². The van der Waals surface area contributed by atoms with Crippen molar-refractivity contribution in [2.45, 2.75) is 63.5 Å². The Labute approximate surface area is 105 Å². The zero-order valence-electron chi connectivity index (χ0n) is 11.2. The minimum Gasteiger partial charge on any atom is -0.375 e. The number of hydrogen-bond acceptors (Lipinski definition) is 3. The molecule has 2 aliphatic rings. The van der Waals surface area contributed by atoms with E-state index in [9.17, 15) is 5.26 Å². The second kappa shape index (κ2) is 4.96. The van der Waals surface area contributed by atoms with E-state index in [2.05, 4.69) is 24.8 Å². The largest absolute Gasteiger partial charge is 0.375 e. The van der Waals surface area contributed by atoms with Gasteiger partial charge in [0.15, 0.2) is 0 Å². The number of hydrogen-bond donors (Lipinski definition) is 0. The molecule has 0 spiro atoms. The molecule has 3 nitrogen and oxygen atoms in total. The molecule has 2 saturated heterocycles. The van der Waals surface area contributed by atoms with Gasteiger partial charge in [0.1, 0.15) is 5.54 Å². The van der Waals surface area contributed by atoms with Crippen LogP contribution >= 0.6 is 0 Å². The fraction of sp³-hybridized carbons (Fsp3) is 0.929. The lowest BCUT2D eigenvalue weighted by atomic mass is 9.80. The van der Waals surface area contributed by atoms with Crippen LogP contribution in [-0.2, 0) is 4.74 Å². The van der Waals surface area contributed by atoms with E-state index in [0.717, 1.165) is 32.5 Å². The van der Waals surface area contributed by atoms with E-state index in [1.807, 2.05) is 0 Å². The third-order valence-electron chi connectivity index (χ3n) is 4.15. The molecule has 0 amide bonds. The first-order valence-electron chi connectivity index (χ1n) is 6.88. The molecule has 2 aliphatic heterocycles. The Morgan fingerprint density at radius 2 is 1.76 bits per heavy atom. The van der Waals surface area contributed by atoms with Crippen LogP contribution in [0, 0.1) is 11.3 Å². The smallest absolute Gasteiger partial charge is 0.114 e. The highest BCUT2D eigenvalue weighted by Crippen LogP contribution is 2.37. The average molecular weight is 236 g/mol. The summed E-state index contributed by atoms with van der Waals surface area (Å²) in [5, 5.41) is 9.67. The molecule has 1 unspecified atom stereocenters. The fourth-order valence-corrected chi connectivity index (χ4v) is 3.27. The van der Waals surface area contributed by atoms with E-state index in [1.54, 1.807) is 0 Å². The quantitative estimate of drug-likeness (QED) is 0.702. The van der Waals surface area contributed by atoms with Gasteiger partial charge in [-0.1, -0.05) is 12.8 Å². The summed E-state index contributed by atoms with van der Waals surface area (Å²) >= 11 is 0. The van der Waals surface area contributed by atoms with Gasteiger partial charge in [-0.15, -0.1) is 0 Å². The van der Waals surface area contributed by atoms with E-state index in [1.165, 1.54) is 25.7 Å². The lowest BCUT2D eigenvalue weighted by molar-refractivity contribution is -0.103. The molecule has 0 aliphatic carbocycles. The van der Waals surface area contributed by atoms with Crippen LogP contribution in [0.1, 0.15) is 52.4 Å². The van der Waals surface area contributed by atoms with Gasteiger partial charge >= 0.3 is 0 Å². The van der Waals surface area contributed by atoms with Crippen molar-refractivity contribution in [1.29, 1.82) is 5.26 Å². The Morgan fingerprint density at radius 1 is 1.12 bits per heavy atom. The fourth-order valence-electron chi connectivity index (χ4n) is 3.27. The van der Waals surface area contributed by atoms with Gasteiger partial charge in [0, 0.05) is 12.8 Å². The van der Waals surface area contributed by atoms with Crippen LogP contribution in [0.25, 0.3) is 0 Å². The van der Waals surface area contributed by atoms with Crippen molar-refractivity contribution in [3.63, 3.8) is 0 Å². The van der Waals surface area contributed by atoms with Crippen LogP contribution in [0.4, 0.5) is 0 Å². The van der Waals surface area contributed by atoms with Crippen LogP contribution in [0.15, 0.2) is 0 Å². The van der Waals surface area contributed by atoms with Gasteiger partial charge in [-0.05, 0) is 39.8 Å². The molecule has 2 rings (SSSR count). The molecule has 0 saturated carbocycles. The number of nitriles is 1. The van der Waals surface area contributed by atoms with Crippen LogP contribution in [0.5, 0.6) is 0 Å². The van der Waals surface area contributed by atoms with Gasteiger partial charge in [-0.3, -0.25) is 4.90 Å². The van der Waals surface area contributed by atoms with Gasteiger partial charge in [-0.2, -0.15) is 5.26 Å². The highest BCUT2D eigenvalue weighted by Gasteiger charge is 2.45. The standard InChI is InChI=1S/C14H24N2O/c1-13(2)11-14(12-15,7-10-17-13)16-8-5-3-4-6-9-16/h3-11H2,1-2H3. The summed E-state index contributed by atoms with van der Waals surface area (Å²) in [6, 6.07) is 2.62. The first-order valence-corrected chi connectivity index (χ1v) is 6.88. The zero-order chi connectivity index (χ0) is 12.4. The molecular formula is C14H24N2O. The summed E-state index contributed by atoms with van der Waals surface area (Å²) in [5.41, 5.74) is -0.424. The summed E-state index contributed by atoms with van der Waals surface area (Å²) in [5.74, 6) is 0. The molecule has 96 valence electrons. The summed E-state index contributed by atoms with van der Waals surface area (Å²) < 4.78 is 5.77. The third kappa shape index (κ3) is 2.81. The maximum Gasteiger partial charge on any atom is 0.114 e. The van der Waals surface area contributed by atoms with Crippen LogP contribution in [-0.4, -0.2) is 35.7 Å². The van der Waals surface area contributed by atoms with Gasteiger partial charge in [0.25, 0.3) is 0 Å². The number of nitrogens with zero attached hydrogens (tertiary/aromatic N) is 2. The molecular weight excluding hydrogens is 212 g/mol. The summed E-state index contributed by atoms with van der Waals surface area (Å²) in [7, 11) is 0. The SMILES string of the molecule is CC1(C)CC(C#N)(N2CCCCCC2)CCO1. The summed E-state index contributed by atoms with van der Waals surface area (Å²) in [6.07, 6.45) is 6.83. The molecule has 2 fully saturated rings. The maximum absolute atomic E-state index is 9.67. The predicted molar refractivity (Wildman–Crippen MR) is 67.7 cm³/mol. The Balaban J connectivity index is 2.15. The zero-order valence-corrected chi connectivity index (χ0v) is 11.2. The molecule has 0 aromatic carbocycles. The van der Waals surface area contributed by atoms with Gasteiger partial charge in [0.2, 0.25) is 0 Å². The Morgan fingerprint density at radius 3 is 2.29 bits per heavy atom. The van der Waals surface area contributed by atoms with Crippen molar-refractivity contribution in [3.8, 4) is 6.07 Å². The minimum atomic E-state index is -0.272. The predicted octanol–water partition coefficient (Wildman–Crippen LogP) is 2.71. The first kappa shape index (κ1) is 12.9. The Bertz CT molecular complexity index is 300. The average Bonchev–Trinajstić information content (AvgIpc) is 2.56. The van der Waals surface area contributed by atoms with Crippen LogP contribution in [0.3, 0.4) is 0 Å². The molecule has 0 aromatic rings. The highest BCUT2D eigenvalue weighted by molar-refractivity contribution is 5.12. The first-order chi connectivity index (χ1) is 8.08. The lowest BCUT2D eigenvalue weighted by Crippen LogP contribution is -2.56. The molecule has 3 heteroatoms. The van der Waals surface area contributed by atoms with E-state index < -0.39 is 0 Å². The molecule has 17 heavy (non-hydrogen) atoms. The van der Waals surface area contributed by atoms with Gasteiger partial charge in [-0.25, -0.2) is 0 Å². The molecule has 0 aromatic heterocycles. The van der Waals surface area contributed by atoms with E-state index >= 15 is 0 Å². The molecule has 1 atom stereocenters. The molecule has 0 N–H and O–H groups in total. The number of likely N-dealkylation sites (tertiary alicyclic amines) is 1. The maximum atomic E-state index is 9.67. The lowest BCUT2D eigenvalue weighted by Gasteiger charge is -2.46. The summed E-state index contributed by atoms with van der Waals surface area (Å²) in [4.78, 5) is 2.43. The van der Waals surface area contributed by atoms with Crippen molar-refractivity contribution in [1.82, 2.24) is 4.90 Å². The van der Waals surface area contributed by atoms with Crippen molar-refractivity contribution < 1.29 is 4.74 Å². The van der Waals surface area contributed by atoms with Crippen LogP contribution in [0.2, 0.25) is 0 Å². The van der Waals surface area contributed by atoms with Crippen LogP contribution < -0.4 is 0 Å². The molecule has 2 heterocycles. The second-order valence-corrected chi connectivity index (χ2v) is 6.08. The van der Waals surface area contributed by atoms with Gasteiger partial charge < -0.3 is 4.74 Å². The molecule has 0 bridgehead atoms. The number of ether oxygens (including phenoxy) is 1. The van der Waals surface area contributed by atoms with E-state index in [-0.39, 0.29) is 11.1 Å². The molecule has 0 radical (unpaired) electrons. The highest BCUT2D eigenvalue weighted by atomic mass is 16.5. The van der Waals surface area contributed by atoms with Gasteiger partial charge in [0.05, 0.1) is 18.3 Å². The summed E-state index contributed by atoms with van der Waals surface area (Å²) in [6.45, 7) is 7.11. The Kier molecular flexibility index (Phi) is 3.75. The number of rotatable bonds is 1. The van der Waals surface area contributed by atoms with Crippen molar-refractivity contribution in [2.24, 2.45) is 0 Å².